The number of nitro groups is 1. The van der Waals surface area contributed by atoms with E-state index in [1.54, 1.807) is 4.90 Å². The van der Waals surface area contributed by atoms with Gasteiger partial charge in [-0.2, -0.15) is 5.26 Å². The molecule has 7 heteroatoms. The van der Waals surface area contributed by atoms with Crippen molar-refractivity contribution in [3.05, 3.63) is 33.9 Å². The van der Waals surface area contributed by atoms with Crippen LogP contribution >= 0.6 is 0 Å². The number of nitro benzene ring substituents is 1. The van der Waals surface area contributed by atoms with E-state index in [4.69, 9.17) is 5.26 Å². The topological polar surface area (TPSA) is 107 Å². The minimum atomic E-state index is -0.898. The molecular formula is C14H15N3O4. The molecule has 1 heterocycles. The summed E-state index contributed by atoms with van der Waals surface area (Å²) in [6, 6.07) is 6.09. The van der Waals surface area contributed by atoms with Crippen molar-refractivity contribution >= 4 is 17.3 Å². The van der Waals surface area contributed by atoms with Crippen LogP contribution in [0.3, 0.4) is 0 Å². The molecule has 1 fully saturated rings. The number of nitrogens with zero attached hydrogens (tertiary/aromatic N) is 3. The lowest BCUT2D eigenvalue weighted by Crippen LogP contribution is -2.42. The van der Waals surface area contributed by atoms with E-state index in [1.165, 1.54) is 18.2 Å². The predicted octanol–water partition coefficient (Wildman–Crippen LogP) is 2.01. The van der Waals surface area contributed by atoms with E-state index >= 15 is 0 Å². The van der Waals surface area contributed by atoms with E-state index in [1.807, 2.05) is 13.0 Å². The Morgan fingerprint density at radius 2 is 2.24 bits per heavy atom. The number of rotatable bonds is 3. The van der Waals surface area contributed by atoms with Crippen molar-refractivity contribution in [2.75, 3.05) is 18.0 Å². The smallest absolute Gasteiger partial charge is 0.308 e. The van der Waals surface area contributed by atoms with Crippen molar-refractivity contribution in [1.29, 1.82) is 5.26 Å². The van der Waals surface area contributed by atoms with Crippen LogP contribution in [-0.2, 0) is 4.79 Å². The molecule has 7 nitrogen and oxygen atoms in total. The normalized spacial score (nSPS) is 21.6. The number of aliphatic carboxylic acids is 1. The van der Waals surface area contributed by atoms with Crippen molar-refractivity contribution in [1.82, 2.24) is 0 Å². The predicted molar refractivity (Wildman–Crippen MR) is 74.9 cm³/mol. The molecule has 2 atom stereocenters. The maximum atomic E-state index is 11.2. The number of carboxylic acid groups (broad SMARTS) is 1. The first-order chi connectivity index (χ1) is 9.92. The van der Waals surface area contributed by atoms with Gasteiger partial charge in [-0.3, -0.25) is 14.9 Å². The largest absolute Gasteiger partial charge is 0.481 e. The summed E-state index contributed by atoms with van der Waals surface area (Å²) < 4.78 is 0. The van der Waals surface area contributed by atoms with Gasteiger partial charge in [0.05, 0.1) is 22.5 Å². The maximum absolute atomic E-state index is 11.2. The minimum Gasteiger partial charge on any atom is -0.481 e. The second kappa shape index (κ2) is 5.79. The summed E-state index contributed by atoms with van der Waals surface area (Å²) in [7, 11) is 0. The third kappa shape index (κ3) is 3.11. The van der Waals surface area contributed by atoms with Gasteiger partial charge in [0.15, 0.2) is 0 Å². The minimum absolute atomic E-state index is 0.104. The van der Waals surface area contributed by atoms with Crippen LogP contribution in [-0.4, -0.2) is 29.1 Å². The highest BCUT2D eigenvalue weighted by atomic mass is 16.6. The molecule has 21 heavy (non-hydrogen) atoms. The standard InChI is InChI=1S/C14H15N3O4/c1-9-4-11(14(18)19)8-16(7-9)13-5-10(6-15)2-3-12(13)17(20)21/h2-3,5,9,11H,4,7-8H2,1H3,(H,18,19). The molecule has 1 aliphatic rings. The number of anilines is 1. The van der Waals surface area contributed by atoms with Gasteiger partial charge < -0.3 is 10.0 Å². The quantitative estimate of drug-likeness (QED) is 0.673. The number of hydrogen-bond acceptors (Lipinski definition) is 5. The van der Waals surface area contributed by atoms with Gasteiger partial charge in [0.1, 0.15) is 5.69 Å². The summed E-state index contributed by atoms with van der Waals surface area (Å²) >= 11 is 0. The summed E-state index contributed by atoms with van der Waals surface area (Å²) in [6.07, 6.45) is 0.553. The second-order valence-electron chi connectivity index (χ2n) is 5.35. The Bertz CT molecular complexity index is 623. The third-order valence-electron chi connectivity index (χ3n) is 3.65. The van der Waals surface area contributed by atoms with Crippen LogP contribution in [0, 0.1) is 33.3 Å². The fraction of sp³-hybridized carbons (Fsp3) is 0.429. The first-order valence-electron chi connectivity index (χ1n) is 6.58. The summed E-state index contributed by atoms with van der Waals surface area (Å²) in [6.45, 7) is 2.68. The van der Waals surface area contributed by atoms with E-state index in [2.05, 4.69) is 0 Å². The van der Waals surface area contributed by atoms with E-state index in [9.17, 15) is 20.0 Å². The Kier molecular flexibility index (Phi) is 4.08. The number of benzene rings is 1. The van der Waals surface area contributed by atoms with E-state index < -0.39 is 16.8 Å². The molecule has 0 aromatic heterocycles. The first kappa shape index (κ1) is 14.8. The highest BCUT2D eigenvalue weighted by Gasteiger charge is 2.32. The second-order valence-corrected chi connectivity index (χ2v) is 5.35. The number of carbonyl (C=O) groups is 1. The van der Waals surface area contributed by atoms with Crippen molar-refractivity contribution in [3.8, 4) is 6.07 Å². The van der Waals surface area contributed by atoms with Crippen LogP contribution in [0.1, 0.15) is 18.9 Å². The molecule has 1 saturated heterocycles. The first-order valence-corrected chi connectivity index (χ1v) is 6.58. The van der Waals surface area contributed by atoms with Crippen LogP contribution < -0.4 is 4.90 Å². The molecule has 1 aliphatic heterocycles. The highest BCUT2D eigenvalue weighted by molar-refractivity contribution is 5.73. The van der Waals surface area contributed by atoms with Crippen LogP contribution in [0.15, 0.2) is 18.2 Å². The molecule has 0 aliphatic carbocycles. The van der Waals surface area contributed by atoms with Crippen molar-refractivity contribution < 1.29 is 14.8 Å². The highest BCUT2D eigenvalue weighted by Crippen LogP contribution is 2.33. The Hall–Kier alpha value is -2.62. The SMILES string of the molecule is CC1CC(C(=O)O)CN(c2cc(C#N)ccc2[N+](=O)[O-])C1. The molecule has 1 aromatic rings. The lowest BCUT2D eigenvalue weighted by molar-refractivity contribution is -0.384. The lowest BCUT2D eigenvalue weighted by Gasteiger charge is -2.35. The fourth-order valence-electron chi connectivity index (χ4n) is 2.73. The Labute approximate surface area is 121 Å². The average molecular weight is 289 g/mol. The summed E-state index contributed by atoms with van der Waals surface area (Å²) in [5.41, 5.74) is 0.532. The molecule has 1 N–H and O–H groups in total. The molecule has 0 saturated carbocycles. The van der Waals surface area contributed by atoms with Gasteiger partial charge in [0, 0.05) is 19.2 Å². The lowest BCUT2D eigenvalue weighted by atomic mass is 9.90. The van der Waals surface area contributed by atoms with Crippen LogP contribution in [0.25, 0.3) is 0 Å². The molecule has 0 bridgehead atoms. The summed E-state index contributed by atoms with van der Waals surface area (Å²) in [5, 5.41) is 29.3. The zero-order valence-electron chi connectivity index (χ0n) is 11.5. The number of piperidine rings is 1. The van der Waals surface area contributed by atoms with Crippen LogP contribution in [0.5, 0.6) is 0 Å². The van der Waals surface area contributed by atoms with Gasteiger partial charge in [-0.25, -0.2) is 0 Å². The molecule has 0 spiro atoms. The van der Waals surface area contributed by atoms with Gasteiger partial charge in [0.25, 0.3) is 5.69 Å². The Balaban J connectivity index is 2.41. The van der Waals surface area contributed by atoms with E-state index in [0.717, 1.165) is 0 Å². The fourth-order valence-corrected chi connectivity index (χ4v) is 2.73. The Morgan fingerprint density at radius 1 is 1.52 bits per heavy atom. The van der Waals surface area contributed by atoms with Crippen LogP contribution in [0.4, 0.5) is 11.4 Å². The zero-order valence-corrected chi connectivity index (χ0v) is 11.5. The van der Waals surface area contributed by atoms with Crippen molar-refractivity contribution in [2.24, 2.45) is 11.8 Å². The monoisotopic (exact) mass is 289 g/mol. The molecule has 2 unspecified atom stereocenters. The number of nitriles is 1. The molecule has 2 rings (SSSR count). The average Bonchev–Trinajstić information content (AvgIpc) is 2.45. The summed E-state index contributed by atoms with van der Waals surface area (Å²) in [4.78, 5) is 23.5. The molecule has 110 valence electrons. The zero-order chi connectivity index (χ0) is 15.6. The van der Waals surface area contributed by atoms with E-state index in [-0.39, 0.29) is 18.2 Å². The molecule has 0 radical (unpaired) electrons. The van der Waals surface area contributed by atoms with Gasteiger partial charge >= 0.3 is 5.97 Å². The van der Waals surface area contributed by atoms with Crippen molar-refractivity contribution in [3.63, 3.8) is 0 Å². The van der Waals surface area contributed by atoms with Crippen LogP contribution in [0.2, 0.25) is 0 Å². The summed E-state index contributed by atoms with van der Waals surface area (Å²) in [5.74, 6) is -1.34. The van der Waals surface area contributed by atoms with Gasteiger partial charge in [-0.15, -0.1) is 0 Å². The molecule has 0 amide bonds. The van der Waals surface area contributed by atoms with Gasteiger partial charge in [-0.1, -0.05) is 6.92 Å². The third-order valence-corrected chi connectivity index (χ3v) is 3.65. The van der Waals surface area contributed by atoms with Gasteiger partial charge in [-0.05, 0) is 24.5 Å². The van der Waals surface area contributed by atoms with Crippen molar-refractivity contribution in [2.45, 2.75) is 13.3 Å². The molecular weight excluding hydrogens is 274 g/mol. The van der Waals surface area contributed by atoms with E-state index in [0.29, 0.717) is 24.2 Å². The Morgan fingerprint density at radius 3 is 2.81 bits per heavy atom. The van der Waals surface area contributed by atoms with Gasteiger partial charge in [0.2, 0.25) is 0 Å². The number of carboxylic acids is 1. The molecule has 1 aromatic carbocycles. The maximum Gasteiger partial charge on any atom is 0.308 e. The number of hydrogen-bond donors (Lipinski definition) is 1.